The summed E-state index contributed by atoms with van der Waals surface area (Å²) in [6, 6.07) is 0. The van der Waals surface area contributed by atoms with Gasteiger partial charge >= 0.3 is 0 Å². The molecule has 0 amide bonds. The van der Waals surface area contributed by atoms with Crippen molar-refractivity contribution in [2.45, 2.75) is 6.42 Å². The van der Waals surface area contributed by atoms with E-state index in [1.54, 1.807) is 0 Å². The Morgan fingerprint density at radius 3 is 2.46 bits per heavy atom. The minimum atomic E-state index is -3.21. The molecule has 0 spiro atoms. The quantitative estimate of drug-likeness (QED) is 0.638. The lowest BCUT2D eigenvalue weighted by atomic mass is 10.4. The lowest BCUT2D eigenvalue weighted by Gasteiger charge is -2.18. The van der Waals surface area contributed by atoms with Gasteiger partial charge in [-0.1, -0.05) is 0 Å². The summed E-state index contributed by atoms with van der Waals surface area (Å²) in [5, 5.41) is 0. The fraction of sp³-hybridized carbons (Fsp3) is 1.00. The van der Waals surface area contributed by atoms with Gasteiger partial charge in [0, 0.05) is 26.7 Å². The zero-order valence-corrected chi connectivity index (χ0v) is 8.97. The molecule has 0 aliphatic carbocycles. The molecule has 78 valence electrons. The summed E-state index contributed by atoms with van der Waals surface area (Å²) in [5.74, 6) is 0. The molecule has 1 N–H and O–H groups in total. The maximum Gasteiger partial charge on any atom is 0.279 e. The SMILES string of the molecule is CNS(=O)(=O)N1CCCN(C)CC1. The van der Waals surface area contributed by atoms with Crippen molar-refractivity contribution in [1.29, 1.82) is 0 Å². The Morgan fingerprint density at radius 1 is 1.15 bits per heavy atom. The first-order chi connectivity index (χ1) is 6.06. The molecular formula is C7H17N3O2S. The summed E-state index contributed by atoms with van der Waals surface area (Å²) in [4.78, 5) is 2.14. The van der Waals surface area contributed by atoms with Gasteiger partial charge in [0.05, 0.1) is 0 Å². The molecule has 0 radical (unpaired) electrons. The van der Waals surface area contributed by atoms with Crippen LogP contribution in [0.4, 0.5) is 0 Å². The van der Waals surface area contributed by atoms with Crippen LogP contribution in [0.25, 0.3) is 0 Å². The standard InChI is InChI=1S/C7H17N3O2S/c1-8-13(11,12)10-5-3-4-9(2)6-7-10/h8H,3-7H2,1-2H3. The number of nitrogens with zero attached hydrogens (tertiary/aromatic N) is 2. The average Bonchev–Trinajstić information content (AvgIpc) is 2.30. The van der Waals surface area contributed by atoms with Crippen LogP contribution in [0.3, 0.4) is 0 Å². The van der Waals surface area contributed by atoms with Gasteiger partial charge in [0.25, 0.3) is 10.2 Å². The molecule has 0 aromatic carbocycles. The number of hydrogen-bond acceptors (Lipinski definition) is 3. The second-order valence-electron chi connectivity index (χ2n) is 3.27. The maximum atomic E-state index is 11.4. The second-order valence-corrected chi connectivity index (χ2v) is 5.14. The molecule has 13 heavy (non-hydrogen) atoms. The topological polar surface area (TPSA) is 52.7 Å². The van der Waals surface area contributed by atoms with Gasteiger partial charge < -0.3 is 4.90 Å². The lowest BCUT2D eigenvalue weighted by molar-refractivity contribution is 0.346. The van der Waals surface area contributed by atoms with Gasteiger partial charge in [-0.3, -0.25) is 0 Å². The molecule has 1 saturated heterocycles. The van der Waals surface area contributed by atoms with Crippen LogP contribution in [-0.2, 0) is 10.2 Å². The summed E-state index contributed by atoms with van der Waals surface area (Å²) in [5.41, 5.74) is 0. The number of hydrogen-bond donors (Lipinski definition) is 1. The van der Waals surface area contributed by atoms with Gasteiger partial charge in [0.15, 0.2) is 0 Å². The number of likely N-dealkylation sites (N-methyl/N-ethyl adjacent to an activating group) is 1. The predicted octanol–water partition coefficient (Wildman–Crippen LogP) is -0.912. The molecule has 1 fully saturated rings. The maximum absolute atomic E-state index is 11.4. The summed E-state index contributed by atoms with van der Waals surface area (Å²) < 4.78 is 26.6. The first-order valence-corrected chi connectivity index (χ1v) is 5.87. The van der Waals surface area contributed by atoms with Crippen LogP contribution in [0, 0.1) is 0 Å². The molecule has 1 rings (SSSR count). The fourth-order valence-corrected chi connectivity index (χ4v) is 2.34. The Bertz CT molecular complexity index is 252. The van der Waals surface area contributed by atoms with E-state index < -0.39 is 10.2 Å². The Kier molecular flexibility index (Phi) is 3.66. The molecule has 1 aliphatic heterocycles. The summed E-state index contributed by atoms with van der Waals surface area (Å²) in [7, 11) is 0.246. The fourth-order valence-electron chi connectivity index (χ4n) is 1.39. The summed E-state index contributed by atoms with van der Waals surface area (Å²) >= 11 is 0. The monoisotopic (exact) mass is 207 g/mol. The van der Waals surface area contributed by atoms with E-state index in [2.05, 4.69) is 9.62 Å². The van der Waals surface area contributed by atoms with Gasteiger partial charge in [-0.05, 0) is 20.0 Å². The van der Waals surface area contributed by atoms with Crippen LogP contribution < -0.4 is 4.72 Å². The van der Waals surface area contributed by atoms with E-state index in [0.717, 1.165) is 19.5 Å². The van der Waals surface area contributed by atoms with Crippen LogP contribution in [0.2, 0.25) is 0 Å². The Labute approximate surface area is 79.9 Å². The van der Waals surface area contributed by atoms with Gasteiger partial charge in [0.1, 0.15) is 0 Å². The third-order valence-electron chi connectivity index (χ3n) is 2.28. The molecule has 0 bridgehead atoms. The van der Waals surface area contributed by atoms with Crippen molar-refractivity contribution in [1.82, 2.24) is 13.9 Å². The van der Waals surface area contributed by atoms with Gasteiger partial charge in [-0.25, -0.2) is 4.72 Å². The van der Waals surface area contributed by atoms with Crippen molar-refractivity contribution in [3.8, 4) is 0 Å². The van der Waals surface area contributed by atoms with Crippen LogP contribution in [0.15, 0.2) is 0 Å². The molecule has 5 nitrogen and oxygen atoms in total. The van der Waals surface area contributed by atoms with Crippen molar-refractivity contribution in [2.75, 3.05) is 40.3 Å². The Hall–Kier alpha value is -0.170. The summed E-state index contributed by atoms with van der Waals surface area (Å²) in [6.07, 6.45) is 0.900. The molecule has 0 saturated carbocycles. The summed E-state index contributed by atoms with van der Waals surface area (Å²) in [6.45, 7) is 2.98. The van der Waals surface area contributed by atoms with Crippen LogP contribution in [-0.4, -0.2) is 57.9 Å². The van der Waals surface area contributed by atoms with Crippen molar-refractivity contribution in [2.24, 2.45) is 0 Å². The largest absolute Gasteiger partial charge is 0.305 e. The third kappa shape index (κ3) is 2.91. The van der Waals surface area contributed by atoms with E-state index in [1.165, 1.54) is 11.4 Å². The Morgan fingerprint density at radius 2 is 1.85 bits per heavy atom. The predicted molar refractivity (Wildman–Crippen MR) is 51.7 cm³/mol. The lowest BCUT2D eigenvalue weighted by Crippen LogP contribution is -2.40. The van der Waals surface area contributed by atoms with E-state index in [0.29, 0.717) is 13.1 Å². The highest BCUT2D eigenvalue weighted by atomic mass is 32.2. The van der Waals surface area contributed by atoms with Crippen LogP contribution in [0.5, 0.6) is 0 Å². The minimum Gasteiger partial charge on any atom is -0.305 e. The molecule has 0 aromatic heterocycles. The molecule has 0 atom stereocenters. The van der Waals surface area contributed by atoms with E-state index in [1.807, 2.05) is 7.05 Å². The number of rotatable bonds is 2. The highest BCUT2D eigenvalue weighted by molar-refractivity contribution is 7.87. The van der Waals surface area contributed by atoms with Gasteiger partial charge in [-0.2, -0.15) is 12.7 Å². The van der Waals surface area contributed by atoms with Crippen molar-refractivity contribution < 1.29 is 8.42 Å². The van der Waals surface area contributed by atoms with E-state index in [4.69, 9.17) is 0 Å². The van der Waals surface area contributed by atoms with Crippen LogP contribution in [0.1, 0.15) is 6.42 Å². The van der Waals surface area contributed by atoms with Crippen molar-refractivity contribution >= 4 is 10.2 Å². The van der Waals surface area contributed by atoms with Crippen molar-refractivity contribution in [3.63, 3.8) is 0 Å². The molecule has 1 heterocycles. The first-order valence-electron chi connectivity index (χ1n) is 4.43. The average molecular weight is 207 g/mol. The normalized spacial score (nSPS) is 22.9. The van der Waals surface area contributed by atoms with Gasteiger partial charge in [0.2, 0.25) is 0 Å². The zero-order valence-electron chi connectivity index (χ0n) is 8.15. The van der Waals surface area contributed by atoms with Crippen LogP contribution >= 0.6 is 0 Å². The minimum absolute atomic E-state index is 0.583. The van der Waals surface area contributed by atoms with E-state index in [-0.39, 0.29) is 0 Å². The molecule has 0 aromatic rings. The van der Waals surface area contributed by atoms with Crippen molar-refractivity contribution in [3.05, 3.63) is 0 Å². The highest BCUT2D eigenvalue weighted by Gasteiger charge is 2.21. The van der Waals surface area contributed by atoms with E-state index in [9.17, 15) is 8.42 Å². The smallest absolute Gasteiger partial charge is 0.279 e. The number of nitrogens with one attached hydrogen (secondary N) is 1. The molecule has 6 heteroatoms. The molecule has 1 aliphatic rings. The van der Waals surface area contributed by atoms with E-state index >= 15 is 0 Å². The highest BCUT2D eigenvalue weighted by Crippen LogP contribution is 2.04. The Balaban J connectivity index is 2.61. The zero-order chi connectivity index (χ0) is 9.90. The third-order valence-corrected chi connectivity index (χ3v) is 3.84. The second kappa shape index (κ2) is 4.36. The molecule has 0 unspecified atom stereocenters. The first kappa shape index (κ1) is 10.9. The van der Waals surface area contributed by atoms with Gasteiger partial charge in [-0.15, -0.1) is 0 Å². The molecular weight excluding hydrogens is 190 g/mol.